The van der Waals surface area contributed by atoms with Gasteiger partial charge in [0, 0.05) is 24.7 Å². The van der Waals surface area contributed by atoms with Gasteiger partial charge in [0.15, 0.2) is 5.13 Å². The molecular weight excluding hydrogens is 194 g/mol. The van der Waals surface area contributed by atoms with E-state index in [-0.39, 0.29) is 0 Å². The highest BCUT2D eigenvalue weighted by molar-refractivity contribution is 7.13. The Morgan fingerprint density at radius 3 is 3.14 bits per heavy atom. The lowest BCUT2D eigenvalue weighted by atomic mass is 10.0. The molecule has 1 aliphatic rings. The number of thiazole rings is 1. The second kappa shape index (κ2) is 4.75. The summed E-state index contributed by atoms with van der Waals surface area (Å²) < 4.78 is 0. The van der Waals surface area contributed by atoms with Gasteiger partial charge in [-0.1, -0.05) is 0 Å². The number of nitrogens with zero attached hydrogens (tertiary/aromatic N) is 2. The summed E-state index contributed by atoms with van der Waals surface area (Å²) in [5.74, 6) is 0.722. The Balaban J connectivity index is 1.96. The Bertz CT molecular complexity index is 260. The molecule has 0 spiro atoms. The van der Waals surface area contributed by atoms with Crippen LogP contribution in [0.2, 0.25) is 0 Å². The standard InChI is InChI=1S/C10H17N3S/c11-8-9-2-1-5-13(6-3-9)10-12-4-7-14-10/h4,7,9H,1-3,5-6,8,11H2. The Morgan fingerprint density at radius 1 is 1.50 bits per heavy atom. The van der Waals surface area contributed by atoms with Crippen molar-refractivity contribution >= 4 is 16.5 Å². The molecule has 0 radical (unpaired) electrons. The van der Waals surface area contributed by atoms with Crippen molar-refractivity contribution in [1.82, 2.24) is 4.98 Å². The Morgan fingerprint density at radius 2 is 2.43 bits per heavy atom. The molecule has 4 heteroatoms. The van der Waals surface area contributed by atoms with E-state index >= 15 is 0 Å². The average Bonchev–Trinajstić information content (AvgIpc) is 2.63. The first-order chi connectivity index (χ1) is 6.90. The minimum atomic E-state index is 0.722. The van der Waals surface area contributed by atoms with E-state index in [1.165, 1.54) is 24.4 Å². The van der Waals surface area contributed by atoms with E-state index in [9.17, 15) is 0 Å². The molecule has 1 fully saturated rings. The summed E-state index contributed by atoms with van der Waals surface area (Å²) in [5, 5.41) is 3.21. The van der Waals surface area contributed by atoms with Gasteiger partial charge in [-0.3, -0.25) is 0 Å². The van der Waals surface area contributed by atoms with Gasteiger partial charge in [-0.05, 0) is 31.7 Å². The monoisotopic (exact) mass is 211 g/mol. The van der Waals surface area contributed by atoms with Gasteiger partial charge in [-0.15, -0.1) is 11.3 Å². The van der Waals surface area contributed by atoms with Gasteiger partial charge < -0.3 is 10.6 Å². The highest BCUT2D eigenvalue weighted by atomic mass is 32.1. The molecule has 3 nitrogen and oxygen atoms in total. The topological polar surface area (TPSA) is 42.1 Å². The van der Waals surface area contributed by atoms with E-state index < -0.39 is 0 Å². The third-order valence-electron chi connectivity index (χ3n) is 2.87. The Kier molecular flexibility index (Phi) is 3.37. The van der Waals surface area contributed by atoms with Crippen molar-refractivity contribution in [1.29, 1.82) is 0 Å². The van der Waals surface area contributed by atoms with E-state index in [2.05, 4.69) is 9.88 Å². The zero-order valence-corrected chi connectivity index (χ0v) is 9.17. The van der Waals surface area contributed by atoms with Gasteiger partial charge in [-0.25, -0.2) is 4.98 Å². The molecule has 1 aromatic heterocycles. The van der Waals surface area contributed by atoms with Gasteiger partial charge in [0.1, 0.15) is 0 Å². The third kappa shape index (κ3) is 2.25. The molecule has 2 rings (SSSR count). The fraction of sp³-hybridized carbons (Fsp3) is 0.700. The van der Waals surface area contributed by atoms with Crippen molar-refractivity contribution in [3.63, 3.8) is 0 Å². The number of aromatic nitrogens is 1. The lowest BCUT2D eigenvalue weighted by Crippen LogP contribution is -2.24. The molecule has 0 aromatic carbocycles. The summed E-state index contributed by atoms with van der Waals surface area (Å²) >= 11 is 1.73. The van der Waals surface area contributed by atoms with Gasteiger partial charge in [0.25, 0.3) is 0 Å². The molecular formula is C10H17N3S. The highest BCUT2D eigenvalue weighted by Gasteiger charge is 2.17. The molecule has 0 amide bonds. The number of rotatable bonds is 2. The molecule has 0 aliphatic carbocycles. The van der Waals surface area contributed by atoms with Crippen molar-refractivity contribution in [2.75, 3.05) is 24.5 Å². The first-order valence-corrected chi connectivity index (χ1v) is 6.12. The lowest BCUT2D eigenvalue weighted by Gasteiger charge is -2.18. The molecule has 0 saturated carbocycles. The van der Waals surface area contributed by atoms with Gasteiger partial charge in [-0.2, -0.15) is 0 Å². The third-order valence-corrected chi connectivity index (χ3v) is 3.70. The van der Waals surface area contributed by atoms with Gasteiger partial charge >= 0.3 is 0 Å². The summed E-state index contributed by atoms with van der Waals surface area (Å²) in [6.07, 6.45) is 5.63. The van der Waals surface area contributed by atoms with E-state index in [1.807, 2.05) is 11.6 Å². The predicted molar refractivity (Wildman–Crippen MR) is 60.7 cm³/mol. The van der Waals surface area contributed by atoms with Crippen molar-refractivity contribution in [2.45, 2.75) is 19.3 Å². The van der Waals surface area contributed by atoms with Crippen LogP contribution in [0.4, 0.5) is 5.13 Å². The number of nitrogens with two attached hydrogens (primary N) is 1. The molecule has 2 heterocycles. The molecule has 0 bridgehead atoms. The largest absolute Gasteiger partial charge is 0.348 e. The highest BCUT2D eigenvalue weighted by Crippen LogP contribution is 2.23. The predicted octanol–water partition coefficient (Wildman–Crippen LogP) is 1.71. The summed E-state index contributed by atoms with van der Waals surface area (Å²) in [6.45, 7) is 3.10. The van der Waals surface area contributed by atoms with Crippen LogP contribution in [0.1, 0.15) is 19.3 Å². The minimum absolute atomic E-state index is 0.722. The quantitative estimate of drug-likeness (QED) is 0.809. The van der Waals surface area contributed by atoms with Crippen molar-refractivity contribution in [2.24, 2.45) is 11.7 Å². The maximum atomic E-state index is 5.71. The van der Waals surface area contributed by atoms with E-state index in [4.69, 9.17) is 5.73 Å². The maximum absolute atomic E-state index is 5.71. The summed E-state index contributed by atoms with van der Waals surface area (Å²) in [4.78, 5) is 6.73. The molecule has 14 heavy (non-hydrogen) atoms. The Labute approximate surface area is 88.9 Å². The fourth-order valence-corrected chi connectivity index (χ4v) is 2.66. The smallest absolute Gasteiger partial charge is 0.185 e. The summed E-state index contributed by atoms with van der Waals surface area (Å²) in [7, 11) is 0. The van der Waals surface area contributed by atoms with Crippen LogP contribution in [0.25, 0.3) is 0 Å². The van der Waals surface area contributed by atoms with Crippen LogP contribution in [0.15, 0.2) is 11.6 Å². The zero-order chi connectivity index (χ0) is 9.80. The summed E-state index contributed by atoms with van der Waals surface area (Å²) in [5.41, 5.74) is 5.71. The fourth-order valence-electron chi connectivity index (χ4n) is 1.96. The Hall–Kier alpha value is -0.610. The van der Waals surface area contributed by atoms with Crippen LogP contribution < -0.4 is 10.6 Å². The molecule has 1 aliphatic heterocycles. The van der Waals surface area contributed by atoms with Gasteiger partial charge in [0.2, 0.25) is 0 Å². The van der Waals surface area contributed by atoms with Crippen LogP contribution in [0.5, 0.6) is 0 Å². The molecule has 2 N–H and O–H groups in total. The molecule has 1 saturated heterocycles. The van der Waals surface area contributed by atoms with E-state index in [0.717, 1.165) is 25.6 Å². The van der Waals surface area contributed by atoms with Gasteiger partial charge in [0.05, 0.1) is 0 Å². The molecule has 1 unspecified atom stereocenters. The molecule has 78 valence electrons. The van der Waals surface area contributed by atoms with Crippen LogP contribution in [0, 0.1) is 5.92 Å². The maximum Gasteiger partial charge on any atom is 0.185 e. The number of hydrogen-bond acceptors (Lipinski definition) is 4. The first-order valence-electron chi connectivity index (χ1n) is 5.24. The lowest BCUT2D eigenvalue weighted by molar-refractivity contribution is 0.485. The molecule has 1 aromatic rings. The number of hydrogen-bond donors (Lipinski definition) is 1. The van der Waals surface area contributed by atoms with E-state index in [1.54, 1.807) is 11.3 Å². The SMILES string of the molecule is NCC1CCCN(c2nccs2)CC1. The molecule has 1 atom stereocenters. The van der Waals surface area contributed by atoms with Crippen LogP contribution in [0.3, 0.4) is 0 Å². The second-order valence-electron chi connectivity index (χ2n) is 3.83. The van der Waals surface area contributed by atoms with Crippen LogP contribution in [-0.2, 0) is 0 Å². The van der Waals surface area contributed by atoms with Crippen LogP contribution in [-0.4, -0.2) is 24.6 Å². The van der Waals surface area contributed by atoms with Crippen LogP contribution >= 0.6 is 11.3 Å². The average molecular weight is 211 g/mol. The number of anilines is 1. The van der Waals surface area contributed by atoms with Crippen molar-refractivity contribution in [3.8, 4) is 0 Å². The van der Waals surface area contributed by atoms with E-state index in [0.29, 0.717) is 0 Å². The van der Waals surface area contributed by atoms with Crippen molar-refractivity contribution < 1.29 is 0 Å². The minimum Gasteiger partial charge on any atom is -0.348 e. The van der Waals surface area contributed by atoms with Crippen molar-refractivity contribution in [3.05, 3.63) is 11.6 Å². The first kappa shape index (κ1) is 9.93. The summed E-state index contributed by atoms with van der Waals surface area (Å²) in [6, 6.07) is 0. The normalized spacial score (nSPS) is 23.5. The zero-order valence-electron chi connectivity index (χ0n) is 8.35. The second-order valence-corrected chi connectivity index (χ2v) is 4.71.